The van der Waals surface area contributed by atoms with Crippen LogP contribution >= 0.6 is 15.9 Å². The second kappa shape index (κ2) is 26.0. The van der Waals surface area contributed by atoms with Crippen LogP contribution < -0.4 is 31.6 Å². The van der Waals surface area contributed by atoms with E-state index >= 15 is 0 Å². The largest absolute Gasteiger partial charge is 0.444 e. The van der Waals surface area contributed by atoms with E-state index < -0.39 is 94.8 Å². The Morgan fingerprint density at radius 1 is 0.618 bits per heavy atom. The quantitative estimate of drug-likeness (QED) is 0.118. The Hall–Kier alpha value is -8.30. The molecule has 0 saturated carbocycles. The third-order valence-electron chi connectivity index (χ3n) is 14.1. The number of amides is 4. The second-order valence-electron chi connectivity index (χ2n) is 22.8. The maximum Gasteiger partial charge on any atom is 0.436 e. The fraction of sp³-hybridized carbons (Fsp3) is 0.527. The Labute approximate surface area is 511 Å². The molecule has 25 nitrogen and oxygen atoms in total. The Kier molecular flexibility index (Phi) is 19.5. The number of hydrogen-bond donors (Lipinski definition) is 2. The summed E-state index contributed by atoms with van der Waals surface area (Å²) < 4.78 is 129. The third-order valence-corrected chi connectivity index (χ3v) is 14.4. The van der Waals surface area contributed by atoms with Crippen LogP contribution in [0.15, 0.2) is 32.5 Å². The summed E-state index contributed by atoms with van der Waals surface area (Å²) in [6.45, 7) is 18.9. The van der Waals surface area contributed by atoms with Gasteiger partial charge in [-0.2, -0.15) is 45.3 Å². The van der Waals surface area contributed by atoms with E-state index in [0.29, 0.717) is 81.6 Å². The van der Waals surface area contributed by atoms with Crippen molar-refractivity contribution < 1.29 is 68.5 Å². The highest BCUT2D eigenvalue weighted by atomic mass is 79.9. The number of ether oxygens (including phenoxy) is 3. The van der Waals surface area contributed by atoms with Crippen molar-refractivity contribution in [1.82, 2.24) is 58.1 Å². The molecule has 6 aromatic heterocycles. The Balaban J connectivity index is 0.000000232. The van der Waals surface area contributed by atoms with Gasteiger partial charge < -0.3 is 53.6 Å². The number of carbonyl (C=O) groups is 4. The summed E-state index contributed by atoms with van der Waals surface area (Å²) in [4.78, 5) is 102. The van der Waals surface area contributed by atoms with Crippen LogP contribution in [-0.2, 0) is 62.1 Å². The standard InChI is InChI=1S/C30H36F4N8O5.C25H29BrF4N8O4/c1-6-21-23(39-9-11-40(12-10-39)28(45)47-29(3,4)5)26(44)42-27(37-25(38-42)18-7-13-46-14-8-18)41(21)16-22(43)36-20-15-19(31)24(30(32,33)34)35-17(20)2;1-6-16-18(35-7-9-36(10-8-35)23(41)42-24(3,4)5)20(40)38-22(33-21(26)34-38)37(16)12-17(39)32-15-11-14(27)19(25(28,29)30)31-13(15)2/h7,15H,6,8-14,16H2,1-5H3,(H,36,43);11H,6-10,12H2,1-5H3,(H,32,39). The molecular weight excluding hydrogens is 1260 g/mol. The molecule has 0 radical (unpaired) electrons. The third kappa shape index (κ3) is 15.2. The summed E-state index contributed by atoms with van der Waals surface area (Å²) in [5, 5.41) is 13.5. The lowest BCUT2D eigenvalue weighted by Crippen LogP contribution is -2.51. The van der Waals surface area contributed by atoms with Crippen LogP contribution in [0.5, 0.6) is 0 Å². The van der Waals surface area contributed by atoms with E-state index in [1.165, 1.54) is 23.0 Å². The highest BCUT2D eigenvalue weighted by Crippen LogP contribution is 2.34. The summed E-state index contributed by atoms with van der Waals surface area (Å²) in [7, 11) is 0. The highest BCUT2D eigenvalue weighted by Gasteiger charge is 2.39. The van der Waals surface area contributed by atoms with Crippen molar-refractivity contribution in [1.29, 1.82) is 0 Å². The van der Waals surface area contributed by atoms with E-state index in [-0.39, 0.29) is 83.0 Å². The molecule has 2 saturated heterocycles. The molecule has 0 spiro atoms. The van der Waals surface area contributed by atoms with Crippen LogP contribution in [0.4, 0.5) is 67.5 Å². The maximum absolute atomic E-state index is 14.3. The SMILES string of the molecule is CCc1c(N2CCN(C(=O)OC(C)(C)C)CC2)c(=O)n2nc(Br)nc2n1CC(=O)Nc1cc(F)c(C(F)(F)F)nc1C.CCc1c(N2CCN(C(=O)OC(C)(C)C)CC2)c(=O)n2nc(C3=CCOCC3)nc2n1CC(=O)Nc1cc(F)c(C(F)(F)F)nc1C. The van der Waals surface area contributed by atoms with E-state index in [9.17, 15) is 63.9 Å². The smallest absolute Gasteiger partial charge is 0.436 e. The molecule has 3 aliphatic heterocycles. The molecule has 0 unspecified atom stereocenters. The molecule has 0 aromatic carbocycles. The number of aryl methyl sites for hydroxylation is 2. The second-order valence-corrected chi connectivity index (χ2v) is 23.5. The predicted octanol–water partition coefficient (Wildman–Crippen LogP) is 7.59. The average molecular weight is 1330 g/mol. The van der Waals surface area contributed by atoms with Crippen molar-refractivity contribution in [2.45, 2.75) is 125 Å². The normalized spacial score (nSPS) is 15.2. The van der Waals surface area contributed by atoms with Gasteiger partial charge in [0.05, 0.1) is 47.4 Å². The number of rotatable bonds is 11. The Morgan fingerprint density at radius 3 is 1.39 bits per heavy atom. The first-order chi connectivity index (χ1) is 41.6. The van der Waals surface area contributed by atoms with Crippen molar-refractivity contribution in [3.8, 4) is 0 Å². The molecule has 482 valence electrons. The molecule has 34 heteroatoms. The van der Waals surface area contributed by atoms with E-state index in [2.05, 4.69) is 56.7 Å². The van der Waals surface area contributed by atoms with Crippen LogP contribution in [0, 0.1) is 25.5 Å². The zero-order valence-corrected chi connectivity index (χ0v) is 51.8. The topological polar surface area (TPSA) is 263 Å². The molecule has 0 atom stereocenters. The molecule has 6 aromatic rings. The Morgan fingerprint density at radius 2 is 1.02 bits per heavy atom. The minimum atomic E-state index is -5.00. The molecule has 0 bridgehead atoms. The van der Waals surface area contributed by atoms with Crippen molar-refractivity contribution in [3.05, 3.63) is 95.3 Å². The van der Waals surface area contributed by atoms with Gasteiger partial charge in [0, 0.05) is 64.5 Å². The lowest BCUT2D eigenvalue weighted by atomic mass is 10.1. The number of halogens is 9. The van der Waals surface area contributed by atoms with E-state index in [0.717, 1.165) is 14.6 Å². The lowest BCUT2D eigenvalue weighted by Gasteiger charge is -2.37. The van der Waals surface area contributed by atoms with Crippen LogP contribution in [0.2, 0.25) is 0 Å². The molecule has 2 N–H and O–H groups in total. The first kappa shape index (κ1) is 66.6. The highest BCUT2D eigenvalue weighted by molar-refractivity contribution is 9.10. The minimum Gasteiger partial charge on any atom is -0.444 e. The Bertz CT molecular complexity index is 3870. The van der Waals surface area contributed by atoms with E-state index in [1.54, 1.807) is 70.1 Å². The molecule has 4 amide bonds. The van der Waals surface area contributed by atoms with Gasteiger partial charge in [-0.15, -0.1) is 10.2 Å². The molecule has 0 aliphatic carbocycles. The fourth-order valence-corrected chi connectivity index (χ4v) is 10.4. The van der Waals surface area contributed by atoms with Gasteiger partial charge in [0.15, 0.2) is 28.8 Å². The van der Waals surface area contributed by atoms with Gasteiger partial charge in [-0.05, 0) is 96.2 Å². The lowest BCUT2D eigenvalue weighted by molar-refractivity contribution is -0.144. The number of aromatic nitrogens is 10. The number of hydrogen-bond acceptors (Lipinski definition) is 17. The molecule has 2 fully saturated rings. The molecule has 9 rings (SSSR count). The van der Waals surface area contributed by atoms with Crippen LogP contribution in [0.1, 0.15) is 102 Å². The molecule has 89 heavy (non-hydrogen) atoms. The van der Waals surface area contributed by atoms with E-state index in [1.807, 2.05) is 11.0 Å². The van der Waals surface area contributed by atoms with Gasteiger partial charge in [0.1, 0.15) is 35.7 Å². The molecule has 3 aliphatic rings. The van der Waals surface area contributed by atoms with Gasteiger partial charge >= 0.3 is 24.5 Å². The summed E-state index contributed by atoms with van der Waals surface area (Å²) in [6.07, 6.45) is -8.03. The fourth-order valence-electron chi connectivity index (χ4n) is 10.1. The van der Waals surface area contributed by atoms with Crippen molar-refractivity contribution in [2.24, 2.45) is 0 Å². The van der Waals surface area contributed by atoms with Crippen LogP contribution in [-0.4, -0.2) is 159 Å². The summed E-state index contributed by atoms with van der Waals surface area (Å²) in [5.41, 5.74) is -4.37. The van der Waals surface area contributed by atoms with E-state index in [4.69, 9.17) is 14.2 Å². The number of nitrogens with zero attached hydrogens (tertiary/aromatic N) is 14. The molecular formula is C55H65BrF8N16O9. The first-order valence-corrected chi connectivity index (χ1v) is 28.9. The van der Waals surface area contributed by atoms with Crippen molar-refractivity contribution in [3.63, 3.8) is 0 Å². The maximum atomic E-state index is 14.3. The number of carbonyl (C=O) groups excluding carboxylic acids is 4. The zero-order valence-electron chi connectivity index (χ0n) is 50.2. The van der Waals surface area contributed by atoms with Gasteiger partial charge in [-0.1, -0.05) is 19.9 Å². The van der Waals surface area contributed by atoms with Crippen molar-refractivity contribution >= 4 is 79.8 Å². The zero-order chi connectivity index (χ0) is 65.4. The van der Waals surface area contributed by atoms with Gasteiger partial charge in [0.25, 0.3) is 11.1 Å². The number of fused-ring (bicyclic) bond motifs is 2. The number of alkyl halides is 6. The minimum absolute atomic E-state index is 0.0449. The summed E-state index contributed by atoms with van der Waals surface area (Å²) >= 11 is 3.16. The number of piperazine rings is 2. The van der Waals surface area contributed by atoms with Crippen LogP contribution in [0.25, 0.3) is 17.1 Å². The molecule has 9 heterocycles. The predicted molar refractivity (Wildman–Crippen MR) is 310 cm³/mol. The van der Waals surface area contributed by atoms with Gasteiger partial charge in [-0.3, -0.25) is 19.2 Å². The summed E-state index contributed by atoms with van der Waals surface area (Å²) in [6, 6.07) is 1.14. The average Bonchev–Trinajstić information content (AvgIpc) is 1.77. The van der Waals surface area contributed by atoms with Gasteiger partial charge in [0.2, 0.25) is 28.1 Å². The summed E-state index contributed by atoms with van der Waals surface area (Å²) in [5.74, 6) is -4.28. The number of anilines is 4. The first-order valence-electron chi connectivity index (χ1n) is 28.1. The van der Waals surface area contributed by atoms with Crippen molar-refractivity contribution in [2.75, 3.05) is 86.0 Å². The number of nitrogens with one attached hydrogen (secondary N) is 2. The van der Waals surface area contributed by atoms with Crippen LogP contribution in [0.3, 0.4) is 0 Å². The van der Waals surface area contributed by atoms with Gasteiger partial charge in [-0.25, -0.2) is 28.3 Å². The monoisotopic (exact) mass is 1320 g/mol. The number of pyridine rings is 2.